The summed E-state index contributed by atoms with van der Waals surface area (Å²) in [5, 5.41) is 0. The molecule has 0 saturated heterocycles. The number of anilines is 1. The predicted molar refractivity (Wildman–Crippen MR) is 76.9 cm³/mol. The molecule has 2 rings (SSSR count). The van der Waals surface area contributed by atoms with Crippen LogP contribution >= 0.6 is 31.9 Å². The van der Waals surface area contributed by atoms with Crippen LogP contribution in [0.15, 0.2) is 56.6 Å². The molecule has 0 amide bonds. The Morgan fingerprint density at radius 1 is 1.06 bits per heavy atom. The first kappa shape index (κ1) is 13.5. The van der Waals surface area contributed by atoms with E-state index in [1.165, 1.54) is 18.3 Å². The lowest BCUT2D eigenvalue weighted by atomic mass is 10.4. The van der Waals surface area contributed by atoms with Crippen molar-refractivity contribution in [2.45, 2.75) is 4.90 Å². The highest BCUT2D eigenvalue weighted by Gasteiger charge is 2.14. The first-order valence-electron chi connectivity index (χ1n) is 4.86. The Morgan fingerprint density at radius 3 is 2.50 bits per heavy atom. The Hall–Kier alpha value is -0.920. The highest BCUT2D eigenvalue weighted by molar-refractivity contribution is 9.10. The van der Waals surface area contributed by atoms with E-state index >= 15 is 0 Å². The van der Waals surface area contributed by atoms with Crippen molar-refractivity contribution in [2.75, 3.05) is 4.72 Å². The molecule has 4 nitrogen and oxygen atoms in total. The standard InChI is InChI=1S/C11H8Br2N2O2S/c12-8-2-1-3-11(5-8)18(16,17)15-10-4-9(13)6-14-7-10/h1-7,15H. The normalized spacial score (nSPS) is 11.2. The molecule has 0 aliphatic rings. The van der Waals surface area contributed by atoms with Crippen molar-refractivity contribution in [3.63, 3.8) is 0 Å². The molecule has 0 spiro atoms. The molecule has 1 aromatic heterocycles. The minimum Gasteiger partial charge on any atom is -0.278 e. The minimum atomic E-state index is -3.59. The SMILES string of the molecule is O=S(=O)(Nc1cncc(Br)c1)c1cccc(Br)c1. The second-order valence-corrected chi connectivity index (χ2v) is 6.97. The second kappa shape index (κ2) is 5.38. The molecule has 0 bridgehead atoms. The molecule has 0 fully saturated rings. The summed E-state index contributed by atoms with van der Waals surface area (Å²) < 4.78 is 28.1. The lowest BCUT2D eigenvalue weighted by Gasteiger charge is -2.08. The molecule has 0 atom stereocenters. The molecule has 94 valence electrons. The van der Waals surface area contributed by atoms with E-state index in [0.29, 0.717) is 14.6 Å². The van der Waals surface area contributed by atoms with E-state index in [1.807, 2.05) is 0 Å². The van der Waals surface area contributed by atoms with Crippen molar-refractivity contribution in [2.24, 2.45) is 0 Å². The largest absolute Gasteiger partial charge is 0.278 e. The molecule has 2 aromatic rings. The summed E-state index contributed by atoms with van der Waals surface area (Å²) in [6.07, 6.45) is 3.02. The van der Waals surface area contributed by atoms with Gasteiger partial charge in [0.2, 0.25) is 0 Å². The van der Waals surface area contributed by atoms with E-state index in [1.54, 1.807) is 24.4 Å². The Kier molecular flexibility index (Phi) is 4.04. The van der Waals surface area contributed by atoms with Gasteiger partial charge < -0.3 is 0 Å². The molecule has 1 N–H and O–H groups in total. The zero-order valence-electron chi connectivity index (χ0n) is 8.97. The average Bonchev–Trinajstić information content (AvgIpc) is 2.28. The molecular weight excluding hydrogens is 384 g/mol. The maximum Gasteiger partial charge on any atom is 0.261 e. The van der Waals surface area contributed by atoms with E-state index in [9.17, 15) is 8.42 Å². The second-order valence-electron chi connectivity index (χ2n) is 3.45. The van der Waals surface area contributed by atoms with Gasteiger partial charge in [-0.15, -0.1) is 0 Å². The first-order valence-corrected chi connectivity index (χ1v) is 7.93. The Morgan fingerprint density at radius 2 is 1.83 bits per heavy atom. The van der Waals surface area contributed by atoms with E-state index in [4.69, 9.17) is 0 Å². The predicted octanol–water partition coefficient (Wildman–Crippen LogP) is 3.41. The third kappa shape index (κ3) is 3.30. The van der Waals surface area contributed by atoms with Crippen molar-refractivity contribution < 1.29 is 8.42 Å². The molecule has 7 heteroatoms. The van der Waals surface area contributed by atoms with Crippen molar-refractivity contribution in [3.05, 3.63) is 51.7 Å². The van der Waals surface area contributed by atoms with Gasteiger partial charge in [0, 0.05) is 15.1 Å². The number of pyridine rings is 1. The third-order valence-corrected chi connectivity index (χ3v) is 4.37. The van der Waals surface area contributed by atoms with Crippen LogP contribution in [0.25, 0.3) is 0 Å². The molecule has 18 heavy (non-hydrogen) atoms. The van der Waals surface area contributed by atoms with Crippen molar-refractivity contribution in [1.82, 2.24) is 4.98 Å². The summed E-state index contributed by atoms with van der Waals surface area (Å²) in [5.74, 6) is 0. The first-order chi connectivity index (χ1) is 8.47. The monoisotopic (exact) mass is 390 g/mol. The van der Waals surface area contributed by atoms with Crippen LogP contribution in [0.5, 0.6) is 0 Å². The summed E-state index contributed by atoms with van der Waals surface area (Å²) in [7, 11) is -3.59. The van der Waals surface area contributed by atoms with Gasteiger partial charge in [-0.05, 0) is 40.2 Å². The summed E-state index contributed by atoms with van der Waals surface area (Å²) in [6, 6.07) is 8.13. The number of aromatic nitrogens is 1. The smallest absolute Gasteiger partial charge is 0.261 e. The van der Waals surface area contributed by atoms with Gasteiger partial charge in [0.25, 0.3) is 10.0 Å². The van der Waals surface area contributed by atoms with E-state index in [0.717, 1.165) is 0 Å². The van der Waals surface area contributed by atoms with Gasteiger partial charge in [0.1, 0.15) is 0 Å². The maximum absolute atomic E-state index is 12.1. The van der Waals surface area contributed by atoms with Crippen LogP contribution in [0.3, 0.4) is 0 Å². The summed E-state index contributed by atoms with van der Waals surface area (Å²) in [6.45, 7) is 0. The maximum atomic E-state index is 12.1. The van der Waals surface area contributed by atoms with Gasteiger partial charge in [0.15, 0.2) is 0 Å². The fourth-order valence-corrected chi connectivity index (χ4v) is 3.31. The van der Waals surface area contributed by atoms with Crippen molar-refractivity contribution in [3.8, 4) is 0 Å². The lowest BCUT2D eigenvalue weighted by molar-refractivity contribution is 0.601. The average molecular weight is 392 g/mol. The fraction of sp³-hybridized carbons (Fsp3) is 0. The summed E-state index contributed by atoms with van der Waals surface area (Å²) in [5.41, 5.74) is 0.407. The molecule has 0 aliphatic carbocycles. The molecule has 0 aliphatic heterocycles. The van der Waals surface area contributed by atoms with E-state index < -0.39 is 10.0 Å². The molecular formula is C11H8Br2N2O2S. The number of nitrogens with one attached hydrogen (secondary N) is 1. The van der Waals surface area contributed by atoms with Gasteiger partial charge >= 0.3 is 0 Å². The van der Waals surface area contributed by atoms with Crippen LogP contribution < -0.4 is 4.72 Å². The number of nitrogens with zero attached hydrogens (tertiary/aromatic N) is 1. The van der Waals surface area contributed by atoms with Crippen LogP contribution in [0.2, 0.25) is 0 Å². The number of halogens is 2. The number of hydrogen-bond acceptors (Lipinski definition) is 3. The van der Waals surface area contributed by atoms with Crippen molar-refractivity contribution in [1.29, 1.82) is 0 Å². The number of hydrogen-bond donors (Lipinski definition) is 1. The van der Waals surface area contributed by atoms with Crippen LogP contribution in [0.1, 0.15) is 0 Å². The van der Waals surface area contributed by atoms with Gasteiger partial charge in [-0.1, -0.05) is 22.0 Å². The Bertz CT molecular complexity index is 674. The van der Waals surface area contributed by atoms with Crippen molar-refractivity contribution >= 4 is 47.6 Å². The summed E-state index contributed by atoms with van der Waals surface area (Å²) >= 11 is 6.47. The van der Waals surface area contributed by atoms with Crippen LogP contribution in [-0.4, -0.2) is 13.4 Å². The number of benzene rings is 1. The zero-order chi connectivity index (χ0) is 13.2. The molecule has 0 saturated carbocycles. The van der Waals surface area contributed by atoms with Gasteiger partial charge in [-0.2, -0.15) is 0 Å². The quantitative estimate of drug-likeness (QED) is 0.872. The van der Waals surface area contributed by atoms with Gasteiger partial charge in [-0.3, -0.25) is 9.71 Å². The third-order valence-electron chi connectivity index (χ3n) is 2.06. The minimum absolute atomic E-state index is 0.192. The zero-order valence-corrected chi connectivity index (χ0v) is 13.0. The highest BCUT2D eigenvalue weighted by atomic mass is 79.9. The Labute approximate surface area is 122 Å². The molecule has 0 unspecified atom stereocenters. The number of rotatable bonds is 3. The van der Waals surface area contributed by atoms with E-state index in [2.05, 4.69) is 41.6 Å². The molecule has 1 aromatic carbocycles. The number of sulfonamides is 1. The topological polar surface area (TPSA) is 59.1 Å². The fourth-order valence-electron chi connectivity index (χ4n) is 1.32. The van der Waals surface area contributed by atoms with Crippen LogP contribution in [0.4, 0.5) is 5.69 Å². The van der Waals surface area contributed by atoms with Gasteiger partial charge in [0.05, 0.1) is 16.8 Å². The lowest BCUT2D eigenvalue weighted by Crippen LogP contribution is -2.13. The molecule has 1 heterocycles. The van der Waals surface area contributed by atoms with E-state index in [-0.39, 0.29) is 4.90 Å². The molecule has 0 radical (unpaired) electrons. The van der Waals surface area contributed by atoms with Crippen LogP contribution in [-0.2, 0) is 10.0 Å². The van der Waals surface area contributed by atoms with Gasteiger partial charge in [-0.25, -0.2) is 8.42 Å². The van der Waals surface area contributed by atoms with Crippen LogP contribution in [0, 0.1) is 0 Å². The highest BCUT2D eigenvalue weighted by Crippen LogP contribution is 2.20. The Balaban J connectivity index is 2.33. The summed E-state index contributed by atoms with van der Waals surface area (Å²) in [4.78, 5) is 4.09.